The number of hydrogen-bond acceptors (Lipinski definition) is 8. The molecule has 8 heteroatoms. The summed E-state index contributed by atoms with van der Waals surface area (Å²) in [5.74, 6) is -2.49. The first-order valence-electron chi connectivity index (χ1n) is 2.61. The highest BCUT2D eigenvalue weighted by atomic mass is 16.1. The van der Waals surface area contributed by atoms with Crippen molar-refractivity contribution in [3.8, 4) is 0 Å². The molecule has 0 atom stereocenters. The molecule has 8 nitrogen and oxygen atoms in total. The Hall–Kier alpha value is -2.48. The first kappa shape index (κ1) is 10.5. The monoisotopic (exact) mass is 180 g/mol. The third-order valence-corrected chi connectivity index (χ3v) is 0.783. The fourth-order valence-electron chi connectivity index (χ4n) is 0.395. The third kappa shape index (κ3) is 2.95. The molecular formula is C5N4O4. The minimum atomic E-state index is -2.49. The van der Waals surface area contributed by atoms with Gasteiger partial charge in [-0.05, 0) is 0 Å². The number of carbonyl (C=O) groups excluding carboxylic acids is 4. The molecule has 64 valence electrons. The van der Waals surface area contributed by atoms with Crippen LogP contribution in [0.5, 0.6) is 0 Å². The lowest BCUT2D eigenvalue weighted by Crippen LogP contribution is -2.16. The number of rotatable bonds is 4. The van der Waals surface area contributed by atoms with E-state index in [4.69, 9.17) is 0 Å². The number of aliphatic imine (C=N–C) groups is 4. The van der Waals surface area contributed by atoms with Crippen LogP contribution in [0, 0.1) is 0 Å². The van der Waals surface area contributed by atoms with Crippen molar-refractivity contribution < 1.29 is 19.2 Å². The Balaban J connectivity index is 5.52. The molecule has 0 heterocycles. The van der Waals surface area contributed by atoms with E-state index in [-0.39, 0.29) is 0 Å². The smallest absolute Gasteiger partial charge is 0.211 e. The summed E-state index contributed by atoms with van der Waals surface area (Å²) in [7, 11) is 0. The highest BCUT2D eigenvalue weighted by molar-refractivity contribution is 5.45. The van der Waals surface area contributed by atoms with Crippen LogP contribution in [0.4, 0.5) is 0 Å². The normalized spacial score (nSPS) is 11.7. The van der Waals surface area contributed by atoms with E-state index in [2.05, 4.69) is 20.0 Å². The summed E-state index contributed by atoms with van der Waals surface area (Å²) in [5.41, 5.74) is 0. The molecule has 0 aliphatic carbocycles. The summed E-state index contributed by atoms with van der Waals surface area (Å²) in [5, 5.41) is 0. The van der Waals surface area contributed by atoms with Gasteiger partial charge in [0.1, 0.15) is 0 Å². The molecule has 0 saturated heterocycles. The van der Waals surface area contributed by atoms with Gasteiger partial charge in [0.25, 0.3) is 0 Å². The minimum absolute atomic E-state index is 0.920. The number of hydrogen-bond donors (Lipinski definition) is 0. The maximum absolute atomic E-state index is 9.78. The summed E-state index contributed by atoms with van der Waals surface area (Å²) >= 11 is 0. The zero-order valence-corrected chi connectivity index (χ0v) is 5.92. The largest absolute Gasteiger partial charge is 0.389 e. The summed E-state index contributed by atoms with van der Waals surface area (Å²) in [4.78, 5) is 50.1. The highest BCUT2D eigenvalue weighted by Gasteiger charge is 2.28. The third-order valence-electron chi connectivity index (χ3n) is 0.783. The van der Waals surface area contributed by atoms with E-state index in [0.29, 0.717) is 0 Å². The lowest BCUT2D eigenvalue weighted by atomic mass is 10.7. The lowest BCUT2D eigenvalue weighted by Gasteiger charge is -2.03. The Morgan fingerprint density at radius 2 is 0.846 bits per heavy atom. The molecule has 0 aromatic carbocycles. The summed E-state index contributed by atoms with van der Waals surface area (Å²) in [6, 6.07) is 0. The summed E-state index contributed by atoms with van der Waals surface area (Å²) in [6.45, 7) is 0. The zero-order valence-electron chi connectivity index (χ0n) is 5.92. The van der Waals surface area contributed by atoms with E-state index >= 15 is 0 Å². The van der Waals surface area contributed by atoms with E-state index < -0.39 is 5.91 Å². The van der Waals surface area contributed by atoms with Gasteiger partial charge in [0.15, 0.2) is 0 Å². The highest BCUT2D eigenvalue weighted by Crippen LogP contribution is 2.13. The fourth-order valence-corrected chi connectivity index (χ4v) is 0.395. The van der Waals surface area contributed by atoms with Gasteiger partial charge in [-0.1, -0.05) is 0 Å². The van der Waals surface area contributed by atoms with Gasteiger partial charge >= 0.3 is 5.91 Å². The molecule has 0 fully saturated rings. The molecule has 0 radical (unpaired) electrons. The standard InChI is InChI=1S/C5N4O4/c10-1-6-5(7-2-11,8-3-12)9-4-13. The van der Waals surface area contributed by atoms with Gasteiger partial charge in [-0.25, -0.2) is 19.2 Å². The van der Waals surface area contributed by atoms with Crippen LogP contribution in [0.25, 0.3) is 0 Å². The van der Waals surface area contributed by atoms with Crippen LogP contribution in [-0.2, 0) is 19.2 Å². The molecular weight excluding hydrogens is 180 g/mol. The Bertz CT molecular complexity index is 300. The second kappa shape index (κ2) is 5.21. The SMILES string of the molecule is O=C=NC(N=C=O)(N=C=O)N=C=O. The van der Waals surface area contributed by atoms with Gasteiger partial charge in [0.2, 0.25) is 24.3 Å². The van der Waals surface area contributed by atoms with Crippen molar-refractivity contribution >= 4 is 24.3 Å². The molecule has 0 unspecified atom stereocenters. The van der Waals surface area contributed by atoms with Crippen molar-refractivity contribution in [1.82, 2.24) is 0 Å². The van der Waals surface area contributed by atoms with E-state index in [1.165, 1.54) is 0 Å². The predicted octanol–water partition coefficient (Wildman–Crippen LogP) is -1.06. The molecule has 0 bridgehead atoms. The topological polar surface area (TPSA) is 118 Å². The van der Waals surface area contributed by atoms with Crippen LogP contribution in [-0.4, -0.2) is 30.2 Å². The van der Waals surface area contributed by atoms with Gasteiger partial charge in [-0.3, -0.25) is 0 Å². The predicted molar refractivity (Wildman–Crippen MR) is 35.2 cm³/mol. The quantitative estimate of drug-likeness (QED) is 0.404. The van der Waals surface area contributed by atoms with Gasteiger partial charge in [0, 0.05) is 0 Å². The van der Waals surface area contributed by atoms with Crippen LogP contribution in [0.3, 0.4) is 0 Å². The average Bonchev–Trinajstić information content (AvgIpc) is 2.06. The lowest BCUT2D eigenvalue weighted by molar-refractivity contribution is 0.460. The Labute approximate surface area is 70.4 Å². The van der Waals surface area contributed by atoms with Crippen molar-refractivity contribution in [2.75, 3.05) is 0 Å². The van der Waals surface area contributed by atoms with Gasteiger partial charge in [0.05, 0.1) is 0 Å². The molecule has 0 spiro atoms. The molecule has 0 aliphatic heterocycles. The van der Waals surface area contributed by atoms with E-state index in [9.17, 15) is 19.2 Å². The van der Waals surface area contributed by atoms with Gasteiger partial charge in [-0.2, -0.15) is 0 Å². The molecule has 0 aliphatic rings. The Kier molecular flexibility index (Phi) is 4.21. The molecule has 0 amide bonds. The minimum Gasteiger partial charge on any atom is -0.211 e. The maximum atomic E-state index is 9.78. The molecule has 0 aromatic rings. The maximum Gasteiger partial charge on any atom is 0.389 e. The van der Waals surface area contributed by atoms with Crippen LogP contribution in [0.15, 0.2) is 20.0 Å². The Morgan fingerprint density at radius 3 is 1.00 bits per heavy atom. The number of nitrogens with zero attached hydrogens (tertiary/aromatic N) is 4. The van der Waals surface area contributed by atoms with Crippen molar-refractivity contribution in [1.29, 1.82) is 0 Å². The van der Waals surface area contributed by atoms with Crippen LogP contribution in [0.1, 0.15) is 0 Å². The molecule has 0 saturated carbocycles. The number of isocyanates is 4. The van der Waals surface area contributed by atoms with E-state index in [0.717, 1.165) is 24.3 Å². The Morgan fingerprint density at radius 1 is 0.615 bits per heavy atom. The van der Waals surface area contributed by atoms with Crippen molar-refractivity contribution in [2.24, 2.45) is 20.0 Å². The van der Waals surface area contributed by atoms with Crippen LogP contribution < -0.4 is 0 Å². The second-order valence-corrected chi connectivity index (χ2v) is 1.41. The van der Waals surface area contributed by atoms with Crippen molar-refractivity contribution in [3.05, 3.63) is 0 Å². The second-order valence-electron chi connectivity index (χ2n) is 1.41. The van der Waals surface area contributed by atoms with Gasteiger partial charge < -0.3 is 0 Å². The summed E-state index contributed by atoms with van der Waals surface area (Å²) in [6.07, 6.45) is 3.68. The van der Waals surface area contributed by atoms with Crippen LogP contribution >= 0.6 is 0 Å². The first-order valence-corrected chi connectivity index (χ1v) is 2.61. The van der Waals surface area contributed by atoms with Crippen molar-refractivity contribution in [3.63, 3.8) is 0 Å². The van der Waals surface area contributed by atoms with Crippen molar-refractivity contribution in [2.45, 2.75) is 5.91 Å². The molecule has 0 rings (SSSR count). The first-order chi connectivity index (χ1) is 6.24. The molecule has 13 heavy (non-hydrogen) atoms. The van der Waals surface area contributed by atoms with E-state index in [1.54, 1.807) is 0 Å². The average molecular weight is 180 g/mol. The van der Waals surface area contributed by atoms with Gasteiger partial charge in [-0.15, -0.1) is 20.0 Å². The van der Waals surface area contributed by atoms with Crippen LogP contribution in [0.2, 0.25) is 0 Å². The molecule has 0 aromatic heterocycles. The van der Waals surface area contributed by atoms with E-state index in [1.807, 2.05) is 0 Å². The summed E-state index contributed by atoms with van der Waals surface area (Å²) < 4.78 is 0. The fraction of sp³-hybridized carbons (Fsp3) is 0.200. The molecule has 0 N–H and O–H groups in total. The zero-order chi connectivity index (χ0) is 10.2.